The van der Waals surface area contributed by atoms with Crippen molar-refractivity contribution in [3.63, 3.8) is 0 Å². The number of hydrazine groups is 1. The lowest BCUT2D eigenvalue weighted by Gasteiger charge is -2.43. The molecular formula is C34H47N3O7. The predicted molar refractivity (Wildman–Crippen MR) is 165 cm³/mol. The van der Waals surface area contributed by atoms with E-state index < -0.39 is 41.4 Å². The lowest BCUT2D eigenvalue weighted by molar-refractivity contribution is -0.183. The van der Waals surface area contributed by atoms with Crippen LogP contribution in [0.5, 0.6) is 0 Å². The van der Waals surface area contributed by atoms with Crippen molar-refractivity contribution in [1.29, 1.82) is 0 Å². The Labute approximate surface area is 260 Å². The van der Waals surface area contributed by atoms with E-state index in [9.17, 15) is 19.2 Å². The molecule has 2 aromatic carbocycles. The Morgan fingerprint density at radius 1 is 0.909 bits per heavy atom. The van der Waals surface area contributed by atoms with E-state index in [0.29, 0.717) is 25.7 Å². The summed E-state index contributed by atoms with van der Waals surface area (Å²) in [5.41, 5.74) is 3.34. The fraction of sp³-hybridized carbons (Fsp3) is 0.529. The second-order valence-corrected chi connectivity index (χ2v) is 12.1. The summed E-state index contributed by atoms with van der Waals surface area (Å²) in [5, 5.41) is 2.39. The van der Waals surface area contributed by atoms with Gasteiger partial charge in [-0.25, -0.2) is 25.1 Å². The number of hydrogen-bond acceptors (Lipinski definition) is 7. The average Bonchev–Trinajstić information content (AvgIpc) is 3.01. The monoisotopic (exact) mass is 609 g/mol. The molecule has 0 unspecified atom stereocenters. The summed E-state index contributed by atoms with van der Waals surface area (Å²) in [4.78, 5) is 59.5. The van der Waals surface area contributed by atoms with Crippen LogP contribution in [0.25, 0.3) is 0 Å². The Balaban J connectivity index is 1.81. The number of hydrogen-bond donors (Lipinski definition) is 1. The van der Waals surface area contributed by atoms with Crippen molar-refractivity contribution < 1.29 is 33.5 Å². The van der Waals surface area contributed by atoms with Gasteiger partial charge in [-0.05, 0) is 51.2 Å². The molecule has 1 N–H and O–H groups in total. The van der Waals surface area contributed by atoms with Crippen molar-refractivity contribution in [3.05, 3.63) is 71.8 Å². The van der Waals surface area contributed by atoms with Gasteiger partial charge >= 0.3 is 12.1 Å². The molecule has 2 atom stereocenters. The zero-order valence-electron chi connectivity index (χ0n) is 26.5. The highest BCUT2D eigenvalue weighted by molar-refractivity contribution is 5.90. The normalized spacial score (nSPS) is 15.8. The van der Waals surface area contributed by atoms with Crippen LogP contribution >= 0.6 is 0 Å². The highest BCUT2D eigenvalue weighted by Gasteiger charge is 2.44. The van der Waals surface area contributed by atoms with Gasteiger partial charge in [0.2, 0.25) is 11.8 Å². The Morgan fingerprint density at radius 3 is 2.16 bits per heavy atom. The van der Waals surface area contributed by atoms with Gasteiger partial charge < -0.3 is 9.47 Å². The maximum Gasteiger partial charge on any atom is 0.429 e. The molecule has 44 heavy (non-hydrogen) atoms. The van der Waals surface area contributed by atoms with Crippen LogP contribution in [0.15, 0.2) is 60.7 Å². The van der Waals surface area contributed by atoms with Crippen molar-refractivity contribution >= 4 is 23.9 Å². The van der Waals surface area contributed by atoms with Gasteiger partial charge in [0.15, 0.2) is 6.04 Å². The quantitative estimate of drug-likeness (QED) is 0.156. The van der Waals surface area contributed by atoms with E-state index in [1.54, 1.807) is 20.8 Å². The van der Waals surface area contributed by atoms with Gasteiger partial charge in [-0.1, -0.05) is 93.3 Å². The third-order valence-corrected chi connectivity index (χ3v) is 7.18. The molecule has 1 aliphatic heterocycles. The van der Waals surface area contributed by atoms with E-state index in [0.717, 1.165) is 30.4 Å². The van der Waals surface area contributed by atoms with E-state index in [2.05, 4.69) is 12.4 Å². The number of hydroxylamine groups is 1. The van der Waals surface area contributed by atoms with E-state index >= 15 is 0 Å². The van der Waals surface area contributed by atoms with Gasteiger partial charge in [-0.15, -0.1) is 0 Å². The summed E-state index contributed by atoms with van der Waals surface area (Å²) in [6.45, 7) is 7.73. The van der Waals surface area contributed by atoms with E-state index in [-0.39, 0.29) is 26.2 Å². The molecule has 3 amide bonds. The minimum absolute atomic E-state index is 0.0108. The van der Waals surface area contributed by atoms with Gasteiger partial charge in [-0.3, -0.25) is 14.4 Å². The van der Waals surface area contributed by atoms with Crippen molar-refractivity contribution in [2.24, 2.45) is 5.92 Å². The maximum absolute atomic E-state index is 14.3. The molecule has 240 valence electrons. The van der Waals surface area contributed by atoms with Gasteiger partial charge in [0.05, 0.1) is 6.61 Å². The summed E-state index contributed by atoms with van der Waals surface area (Å²) in [6.07, 6.45) is 3.92. The number of amides is 3. The molecule has 1 fully saturated rings. The van der Waals surface area contributed by atoms with Crippen LogP contribution in [0.2, 0.25) is 0 Å². The second-order valence-electron chi connectivity index (χ2n) is 12.1. The van der Waals surface area contributed by atoms with Gasteiger partial charge in [-0.2, -0.15) is 0 Å². The number of carbonyl (C=O) groups is 4. The molecule has 10 heteroatoms. The summed E-state index contributed by atoms with van der Waals surface area (Å²) in [6, 6.07) is 17.6. The Bertz CT molecular complexity index is 1200. The first-order chi connectivity index (χ1) is 21.1. The summed E-state index contributed by atoms with van der Waals surface area (Å²) >= 11 is 0. The number of carbonyl (C=O) groups excluding carboxylic acids is 4. The minimum atomic E-state index is -1.03. The third kappa shape index (κ3) is 11.3. The van der Waals surface area contributed by atoms with Gasteiger partial charge in [0, 0.05) is 18.9 Å². The first-order valence-electron chi connectivity index (χ1n) is 15.6. The lowest BCUT2D eigenvalue weighted by Crippen LogP contribution is -2.62. The highest BCUT2D eigenvalue weighted by atomic mass is 16.6. The van der Waals surface area contributed by atoms with E-state index in [1.807, 2.05) is 60.7 Å². The van der Waals surface area contributed by atoms with Crippen LogP contribution in [0, 0.1) is 5.92 Å². The fourth-order valence-electron chi connectivity index (χ4n) is 5.02. The molecule has 0 radical (unpaired) electrons. The number of nitrogens with zero attached hydrogens (tertiary/aromatic N) is 2. The summed E-state index contributed by atoms with van der Waals surface area (Å²) in [7, 11) is 0. The van der Waals surface area contributed by atoms with Crippen LogP contribution in [-0.2, 0) is 41.9 Å². The molecule has 0 aliphatic carbocycles. The summed E-state index contributed by atoms with van der Waals surface area (Å²) in [5.74, 6) is -2.35. The van der Waals surface area contributed by atoms with Gasteiger partial charge in [0.1, 0.15) is 12.2 Å². The number of unbranched alkanes of at least 4 members (excludes halogenated alkanes) is 3. The SMILES string of the molecule is CCCCCC[C@H](CC(=O)NOCc1ccccc1)C(=O)N1[C@H](C(=O)OC(C)(C)C)CCCN1C(=O)OCc1ccccc1. The lowest BCUT2D eigenvalue weighted by atomic mass is 9.94. The number of nitrogens with one attached hydrogen (secondary N) is 1. The molecular weight excluding hydrogens is 562 g/mol. The number of rotatable bonds is 14. The largest absolute Gasteiger partial charge is 0.458 e. The van der Waals surface area contributed by atoms with Crippen molar-refractivity contribution in [1.82, 2.24) is 15.5 Å². The van der Waals surface area contributed by atoms with Gasteiger partial charge in [0.25, 0.3) is 0 Å². The Kier molecular flexibility index (Phi) is 13.7. The minimum Gasteiger partial charge on any atom is -0.458 e. The first-order valence-corrected chi connectivity index (χ1v) is 15.6. The molecule has 0 spiro atoms. The smallest absolute Gasteiger partial charge is 0.429 e. The third-order valence-electron chi connectivity index (χ3n) is 7.18. The molecule has 1 aliphatic rings. The molecule has 0 saturated carbocycles. The van der Waals surface area contributed by atoms with Crippen molar-refractivity contribution in [2.75, 3.05) is 6.54 Å². The molecule has 3 rings (SSSR count). The fourth-order valence-corrected chi connectivity index (χ4v) is 5.02. The number of ether oxygens (including phenoxy) is 2. The number of esters is 1. The zero-order valence-corrected chi connectivity index (χ0v) is 26.5. The number of benzene rings is 2. The highest BCUT2D eigenvalue weighted by Crippen LogP contribution is 2.28. The molecule has 1 saturated heterocycles. The maximum atomic E-state index is 14.3. The Hall–Kier alpha value is -3.92. The predicted octanol–water partition coefficient (Wildman–Crippen LogP) is 6.10. The van der Waals surface area contributed by atoms with Crippen molar-refractivity contribution in [2.45, 2.75) is 104 Å². The Morgan fingerprint density at radius 2 is 1.55 bits per heavy atom. The van der Waals surface area contributed by atoms with Crippen LogP contribution in [-0.4, -0.2) is 52.1 Å². The first kappa shape index (κ1) is 34.6. The van der Waals surface area contributed by atoms with Crippen LogP contribution < -0.4 is 5.48 Å². The average molecular weight is 610 g/mol. The topological polar surface area (TPSA) is 114 Å². The zero-order chi connectivity index (χ0) is 32.0. The summed E-state index contributed by atoms with van der Waals surface area (Å²) < 4.78 is 11.3. The molecule has 2 aromatic rings. The van der Waals surface area contributed by atoms with E-state index in [1.165, 1.54) is 10.0 Å². The molecule has 1 heterocycles. The molecule has 0 bridgehead atoms. The van der Waals surface area contributed by atoms with Crippen LogP contribution in [0.4, 0.5) is 4.79 Å². The van der Waals surface area contributed by atoms with E-state index in [4.69, 9.17) is 14.3 Å². The standard InChI is InChI=1S/C34H47N3O7/c1-5-6-7-14-20-28(23-30(38)35-43-25-27-18-12-9-13-19-27)31(39)37-29(32(40)44-34(2,3)4)21-15-22-36(37)33(41)42-24-26-16-10-8-11-17-26/h8-13,16-19,28-29H,5-7,14-15,20-25H2,1-4H3,(H,35,38)/t28-,29+/m1/s1. The second kappa shape index (κ2) is 17.4. The molecule has 10 nitrogen and oxygen atoms in total. The van der Waals surface area contributed by atoms with Crippen LogP contribution in [0.3, 0.4) is 0 Å². The van der Waals surface area contributed by atoms with Crippen molar-refractivity contribution in [3.8, 4) is 0 Å². The molecule has 0 aromatic heterocycles. The van der Waals surface area contributed by atoms with Crippen LogP contribution in [0.1, 0.15) is 90.2 Å².